The van der Waals surface area contributed by atoms with Gasteiger partial charge in [0.1, 0.15) is 5.82 Å². The van der Waals surface area contributed by atoms with E-state index in [4.69, 9.17) is 5.73 Å². The van der Waals surface area contributed by atoms with E-state index < -0.39 is 10.8 Å². The molecule has 0 bridgehead atoms. The van der Waals surface area contributed by atoms with Gasteiger partial charge < -0.3 is 5.73 Å². The maximum atomic E-state index is 13.0. The first kappa shape index (κ1) is 13.2. The molecule has 1 aromatic rings. The number of benzene rings is 1. The van der Waals surface area contributed by atoms with E-state index in [9.17, 15) is 8.60 Å². The number of rotatable bonds is 5. The molecule has 1 unspecified atom stereocenters. The lowest BCUT2D eigenvalue weighted by atomic mass is 10.2. The van der Waals surface area contributed by atoms with Gasteiger partial charge >= 0.3 is 0 Å². The number of anilines is 1. The van der Waals surface area contributed by atoms with Crippen molar-refractivity contribution in [2.75, 3.05) is 11.5 Å². The molecule has 0 fully saturated rings. The molecule has 0 amide bonds. The number of halogens is 1. The second kappa shape index (κ2) is 5.99. The summed E-state index contributed by atoms with van der Waals surface area (Å²) in [5.41, 5.74) is 6.85. The van der Waals surface area contributed by atoms with E-state index in [0.717, 1.165) is 6.42 Å². The Morgan fingerprint density at radius 3 is 2.75 bits per heavy atom. The summed E-state index contributed by atoms with van der Waals surface area (Å²) in [5.74, 6) is 1.20. The Kier molecular flexibility index (Phi) is 4.93. The molecule has 0 saturated carbocycles. The molecule has 0 saturated heterocycles. The van der Waals surface area contributed by atoms with Gasteiger partial charge in [-0.1, -0.05) is 13.8 Å². The van der Waals surface area contributed by atoms with Crippen LogP contribution in [0.1, 0.15) is 25.8 Å². The molecule has 2 N–H and O–H groups in total. The van der Waals surface area contributed by atoms with Crippen LogP contribution < -0.4 is 5.73 Å². The molecule has 0 spiro atoms. The Labute approximate surface area is 98.5 Å². The van der Waals surface area contributed by atoms with Crippen LogP contribution in [-0.4, -0.2) is 9.96 Å². The standard InChI is InChI=1S/C12H18FNOS/c1-9(2)5-6-16(15)8-10-7-11(13)3-4-12(10)14/h3-4,7,9H,5-6,8,14H2,1-2H3. The lowest BCUT2D eigenvalue weighted by Gasteiger charge is -2.07. The minimum atomic E-state index is -0.957. The van der Waals surface area contributed by atoms with E-state index >= 15 is 0 Å². The van der Waals surface area contributed by atoms with E-state index in [0.29, 0.717) is 28.7 Å². The van der Waals surface area contributed by atoms with Crippen LogP contribution in [0.25, 0.3) is 0 Å². The normalized spacial score (nSPS) is 13.0. The van der Waals surface area contributed by atoms with Gasteiger partial charge in [0, 0.05) is 22.2 Å². The summed E-state index contributed by atoms with van der Waals surface area (Å²) < 4.78 is 24.7. The summed E-state index contributed by atoms with van der Waals surface area (Å²) >= 11 is 0. The number of nitrogen functional groups attached to an aromatic ring is 1. The van der Waals surface area contributed by atoms with E-state index in [1.54, 1.807) is 0 Å². The first-order valence-electron chi connectivity index (χ1n) is 5.38. The van der Waals surface area contributed by atoms with Crippen molar-refractivity contribution < 1.29 is 8.60 Å². The Balaban J connectivity index is 2.59. The van der Waals surface area contributed by atoms with Crippen LogP contribution in [0.15, 0.2) is 18.2 Å². The highest BCUT2D eigenvalue weighted by Crippen LogP contribution is 2.16. The Hall–Kier alpha value is -0.900. The zero-order chi connectivity index (χ0) is 12.1. The van der Waals surface area contributed by atoms with Gasteiger partial charge in [0.15, 0.2) is 0 Å². The van der Waals surface area contributed by atoms with E-state index in [-0.39, 0.29) is 5.82 Å². The van der Waals surface area contributed by atoms with Crippen molar-refractivity contribution >= 4 is 16.5 Å². The summed E-state index contributed by atoms with van der Waals surface area (Å²) in [4.78, 5) is 0. The Morgan fingerprint density at radius 1 is 1.44 bits per heavy atom. The van der Waals surface area contributed by atoms with Gasteiger partial charge in [-0.3, -0.25) is 4.21 Å². The third-order valence-electron chi connectivity index (χ3n) is 2.34. The number of hydrogen-bond donors (Lipinski definition) is 1. The summed E-state index contributed by atoms with van der Waals surface area (Å²) in [6, 6.07) is 4.20. The lowest BCUT2D eigenvalue weighted by molar-refractivity contribution is 0.618. The molecular formula is C12H18FNOS. The van der Waals surface area contributed by atoms with Crippen LogP contribution in [0.5, 0.6) is 0 Å². The van der Waals surface area contributed by atoms with Crippen molar-refractivity contribution in [1.29, 1.82) is 0 Å². The molecule has 2 nitrogen and oxygen atoms in total. The highest BCUT2D eigenvalue weighted by molar-refractivity contribution is 7.84. The Bertz CT molecular complexity index is 379. The average Bonchev–Trinajstić information content (AvgIpc) is 2.20. The molecule has 1 rings (SSSR count). The van der Waals surface area contributed by atoms with Gasteiger partial charge in [-0.25, -0.2) is 4.39 Å². The van der Waals surface area contributed by atoms with Gasteiger partial charge in [0.2, 0.25) is 0 Å². The molecule has 0 aliphatic rings. The second-order valence-corrected chi connectivity index (χ2v) is 5.89. The van der Waals surface area contributed by atoms with Crippen LogP contribution >= 0.6 is 0 Å². The van der Waals surface area contributed by atoms with Crippen molar-refractivity contribution in [2.45, 2.75) is 26.0 Å². The van der Waals surface area contributed by atoms with E-state index in [1.807, 2.05) is 0 Å². The summed E-state index contributed by atoms with van der Waals surface area (Å²) in [6.07, 6.45) is 0.918. The number of nitrogens with two attached hydrogens (primary N) is 1. The number of hydrogen-bond acceptors (Lipinski definition) is 2. The SMILES string of the molecule is CC(C)CCS(=O)Cc1cc(F)ccc1N. The van der Waals surface area contributed by atoms with Crippen molar-refractivity contribution in [3.63, 3.8) is 0 Å². The van der Waals surface area contributed by atoms with Crippen LogP contribution in [0.3, 0.4) is 0 Å². The lowest BCUT2D eigenvalue weighted by Crippen LogP contribution is -2.06. The first-order valence-corrected chi connectivity index (χ1v) is 6.86. The zero-order valence-electron chi connectivity index (χ0n) is 9.70. The molecule has 16 heavy (non-hydrogen) atoms. The highest BCUT2D eigenvalue weighted by atomic mass is 32.2. The van der Waals surface area contributed by atoms with Gasteiger partial charge in [0.25, 0.3) is 0 Å². The zero-order valence-corrected chi connectivity index (χ0v) is 10.5. The highest BCUT2D eigenvalue weighted by Gasteiger charge is 2.07. The van der Waals surface area contributed by atoms with Gasteiger partial charge in [0.05, 0.1) is 5.75 Å². The molecular weight excluding hydrogens is 225 g/mol. The van der Waals surface area contributed by atoms with Crippen LogP contribution in [-0.2, 0) is 16.6 Å². The van der Waals surface area contributed by atoms with Crippen molar-refractivity contribution in [3.8, 4) is 0 Å². The summed E-state index contributed by atoms with van der Waals surface area (Å²) in [7, 11) is -0.957. The molecule has 1 aromatic carbocycles. The fourth-order valence-corrected chi connectivity index (χ4v) is 2.79. The third-order valence-corrected chi connectivity index (χ3v) is 3.67. The quantitative estimate of drug-likeness (QED) is 0.808. The van der Waals surface area contributed by atoms with E-state index in [2.05, 4.69) is 13.8 Å². The van der Waals surface area contributed by atoms with Crippen molar-refractivity contribution in [2.24, 2.45) is 5.92 Å². The predicted octanol–water partition coefficient (Wildman–Crippen LogP) is 2.70. The van der Waals surface area contributed by atoms with Crippen molar-refractivity contribution in [1.82, 2.24) is 0 Å². The van der Waals surface area contributed by atoms with Gasteiger partial charge in [-0.15, -0.1) is 0 Å². The first-order chi connectivity index (χ1) is 7.49. The minimum absolute atomic E-state index is 0.329. The molecule has 0 radical (unpaired) electrons. The molecule has 90 valence electrons. The molecule has 4 heteroatoms. The van der Waals surface area contributed by atoms with Crippen LogP contribution in [0.4, 0.5) is 10.1 Å². The fraction of sp³-hybridized carbons (Fsp3) is 0.500. The maximum absolute atomic E-state index is 13.0. The molecule has 0 aliphatic carbocycles. The molecule has 1 atom stereocenters. The smallest absolute Gasteiger partial charge is 0.123 e. The van der Waals surface area contributed by atoms with Crippen LogP contribution in [0.2, 0.25) is 0 Å². The van der Waals surface area contributed by atoms with Gasteiger partial charge in [-0.2, -0.15) is 0 Å². The molecule has 0 aliphatic heterocycles. The monoisotopic (exact) mass is 243 g/mol. The predicted molar refractivity (Wildman–Crippen MR) is 67.0 cm³/mol. The van der Waals surface area contributed by atoms with E-state index in [1.165, 1.54) is 18.2 Å². The molecule has 0 heterocycles. The Morgan fingerprint density at radius 2 is 2.12 bits per heavy atom. The van der Waals surface area contributed by atoms with Gasteiger partial charge in [-0.05, 0) is 36.1 Å². The topological polar surface area (TPSA) is 43.1 Å². The summed E-state index contributed by atoms with van der Waals surface area (Å²) in [5, 5.41) is 0. The molecule has 0 aromatic heterocycles. The average molecular weight is 243 g/mol. The third kappa shape index (κ3) is 4.31. The summed E-state index contributed by atoms with van der Waals surface area (Å²) in [6.45, 7) is 4.18. The minimum Gasteiger partial charge on any atom is -0.398 e. The fourth-order valence-electron chi connectivity index (χ4n) is 1.31. The second-order valence-electron chi connectivity index (χ2n) is 4.31. The largest absolute Gasteiger partial charge is 0.398 e. The maximum Gasteiger partial charge on any atom is 0.123 e. The van der Waals surface area contributed by atoms with Crippen molar-refractivity contribution in [3.05, 3.63) is 29.6 Å². The van der Waals surface area contributed by atoms with Crippen LogP contribution in [0, 0.1) is 11.7 Å².